The molecule has 0 unspecified atom stereocenters. The summed E-state index contributed by atoms with van der Waals surface area (Å²) in [5.41, 5.74) is 3.24. The van der Waals surface area contributed by atoms with E-state index in [0.29, 0.717) is 0 Å². The molecule has 9 nitrogen and oxygen atoms in total. The van der Waals surface area contributed by atoms with E-state index in [1.54, 1.807) is 0 Å². The molecule has 0 radical (unpaired) electrons. The van der Waals surface area contributed by atoms with Crippen molar-refractivity contribution in [1.29, 1.82) is 0 Å². The number of rotatable bonds is 3. The van der Waals surface area contributed by atoms with E-state index in [0.717, 1.165) is 0 Å². The van der Waals surface area contributed by atoms with Gasteiger partial charge in [0.05, 0.1) is 25.5 Å². The average Bonchev–Trinajstić information content (AvgIpc) is 3.06. The van der Waals surface area contributed by atoms with E-state index in [1.807, 2.05) is 0 Å². The molecule has 1 fully saturated rings. The van der Waals surface area contributed by atoms with E-state index in [9.17, 15) is 19.4 Å². The number of aromatic nitrogens is 4. The van der Waals surface area contributed by atoms with E-state index in [2.05, 4.69) is 20.9 Å². The van der Waals surface area contributed by atoms with Crippen LogP contribution in [-0.4, -0.2) is 54.7 Å². The topological polar surface area (TPSA) is 139 Å². The molecule has 2 aromatic heterocycles. The Kier molecular flexibility index (Phi) is 3.56. The van der Waals surface area contributed by atoms with Crippen molar-refractivity contribution >= 4 is 17.1 Å². The maximum Gasteiger partial charge on any atom is 0.280 e. The van der Waals surface area contributed by atoms with Crippen LogP contribution in [0.1, 0.15) is 6.23 Å². The van der Waals surface area contributed by atoms with Crippen LogP contribution in [0.3, 0.4) is 0 Å². The Labute approximate surface area is 128 Å². The minimum atomic E-state index is -1.75. The Hall–Kier alpha value is -2.48. The van der Waals surface area contributed by atoms with Crippen molar-refractivity contribution in [3.8, 4) is 12.3 Å². The minimum absolute atomic E-state index is 0.0166. The maximum atomic E-state index is 13.4. The Bertz CT molecular complexity index is 843. The van der Waals surface area contributed by atoms with Gasteiger partial charge in [0.2, 0.25) is 5.95 Å². The van der Waals surface area contributed by atoms with Crippen LogP contribution in [0.25, 0.3) is 11.2 Å². The number of nitrogens with one attached hydrogen (secondary N) is 1. The van der Waals surface area contributed by atoms with Crippen LogP contribution < -0.4 is 11.3 Å². The highest BCUT2D eigenvalue weighted by Crippen LogP contribution is 2.42. The molecule has 1 saturated heterocycles. The first-order chi connectivity index (χ1) is 11.0. The van der Waals surface area contributed by atoms with Crippen LogP contribution in [-0.2, 0) is 4.74 Å². The molecule has 4 atom stereocenters. The first-order valence-electron chi connectivity index (χ1n) is 6.70. The number of alkyl halides is 1. The monoisotopic (exact) mass is 323 g/mol. The molecular weight excluding hydrogens is 309 g/mol. The normalized spacial score (nSPS) is 30.6. The second-order valence-electron chi connectivity index (χ2n) is 5.24. The molecule has 3 rings (SSSR count). The lowest BCUT2D eigenvalue weighted by Gasteiger charge is -2.23. The number of anilines is 1. The fourth-order valence-corrected chi connectivity index (χ4v) is 2.72. The van der Waals surface area contributed by atoms with Crippen molar-refractivity contribution in [2.75, 3.05) is 19.0 Å². The largest absolute Gasteiger partial charge is 0.392 e. The van der Waals surface area contributed by atoms with Crippen molar-refractivity contribution in [1.82, 2.24) is 19.5 Å². The Morgan fingerprint density at radius 3 is 3.00 bits per heavy atom. The van der Waals surface area contributed by atoms with Gasteiger partial charge >= 0.3 is 0 Å². The van der Waals surface area contributed by atoms with Crippen LogP contribution >= 0.6 is 0 Å². The van der Waals surface area contributed by atoms with Gasteiger partial charge in [-0.2, -0.15) is 4.98 Å². The third-order valence-corrected chi connectivity index (χ3v) is 3.96. The molecule has 2 aromatic rings. The van der Waals surface area contributed by atoms with Crippen molar-refractivity contribution in [3.63, 3.8) is 0 Å². The van der Waals surface area contributed by atoms with Gasteiger partial charge in [-0.25, -0.2) is 4.98 Å². The fourth-order valence-electron chi connectivity index (χ4n) is 2.72. The Morgan fingerprint density at radius 1 is 1.65 bits per heavy atom. The summed E-state index contributed by atoms with van der Waals surface area (Å²) < 4.78 is 20.2. The maximum absolute atomic E-state index is 13.4. The van der Waals surface area contributed by atoms with Crippen molar-refractivity contribution in [2.24, 2.45) is 5.92 Å². The lowest BCUT2D eigenvalue weighted by molar-refractivity contribution is -0.0899. The van der Waals surface area contributed by atoms with E-state index >= 15 is 0 Å². The molecule has 0 aliphatic carbocycles. The summed E-state index contributed by atoms with van der Waals surface area (Å²) in [5.74, 6) is 0.949. The first-order valence-corrected chi connectivity index (χ1v) is 6.70. The van der Waals surface area contributed by atoms with E-state index in [1.165, 1.54) is 10.9 Å². The standard InChI is InChI=1S/C13H14FN5O4/c1-2-13(4-20)8(21)6(3-14)11(23-13)19-5-16-7-9(19)17-12(15)18-10(7)22/h1,5-6,8,11,20-21H,3-4H2,(H3,15,17,18,22)/t6-,8+,11-,13-/m1/s1. The Morgan fingerprint density at radius 2 is 2.39 bits per heavy atom. The van der Waals surface area contributed by atoms with Crippen molar-refractivity contribution in [3.05, 3.63) is 16.7 Å². The van der Waals surface area contributed by atoms with Crippen molar-refractivity contribution in [2.45, 2.75) is 17.9 Å². The third kappa shape index (κ3) is 2.09. The molecule has 5 N–H and O–H groups in total. The van der Waals surface area contributed by atoms with Crippen LogP contribution in [0.2, 0.25) is 0 Å². The predicted octanol–water partition coefficient (Wildman–Crippen LogP) is -1.46. The van der Waals surface area contributed by atoms with Gasteiger partial charge in [-0.05, 0) is 0 Å². The molecule has 10 heteroatoms. The molecule has 0 bridgehead atoms. The number of aliphatic hydroxyl groups is 2. The molecule has 3 heterocycles. The van der Waals surface area contributed by atoms with Gasteiger partial charge in [0.1, 0.15) is 12.3 Å². The number of halogens is 1. The van der Waals surface area contributed by atoms with Crippen LogP contribution in [0.4, 0.5) is 10.3 Å². The number of nitrogen functional groups attached to an aromatic ring is 1. The molecular formula is C13H14FN5O4. The number of aromatic amines is 1. The molecule has 0 amide bonds. The lowest BCUT2D eigenvalue weighted by Crippen LogP contribution is -2.43. The average molecular weight is 323 g/mol. The van der Waals surface area contributed by atoms with Crippen molar-refractivity contribution < 1.29 is 19.3 Å². The van der Waals surface area contributed by atoms with Crippen LogP contribution in [0, 0.1) is 18.3 Å². The third-order valence-electron chi connectivity index (χ3n) is 3.96. The molecule has 23 heavy (non-hydrogen) atoms. The van der Waals surface area contributed by atoms with Gasteiger partial charge in [-0.15, -0.1) is 6.42 Å². The van der Waals surface area contributed by atoms with Crippen LogP contribution in [0.15, 0.2) is 11.1 Å². The van der Waals surface area contributed by atoms with E-state index in [-0.39, 0.29) is 17.1 Å². The smallest absolute Gasteiger partial charge is 0.280 e. The number of H-pyrrole nitrogens is 1. The molecule has 122 valence electrons. The quantitative estimate of drug-likeness (QED) is 0.506. The zero-order valence-electron chi connectivity index (χ0n) is 11.8. The zero-order valence-corrected chi connectivity index (χ0v) is 11.8. The number of imidazole rings is 1. The molecule has 1 aliphatic heterocycles. The second kappa shape index (κ2) is 5.31. The summed E-state index contributed by atoms with van der Waals surface area (Å²) >= 11 is 0. The number of fused-ring (bicyclic) bond motifs is 1. The van der Waals surface area contributed by atoms with Gasteiger partial charge in [0.15, 0.2) is 16.8 Å². The van der Waals surface area contributed by atoms with Gasteiger partial charge in [-0.1, -0.05) is 5.92 Å². The van der Waals surface area contributed by atoms with E-state index < -0.39 is 42.7 Å². The first kappa shape index (κ1) is 15.4. The number of ether oxygens (including phenoxy) is 1. The van der Waals surface area contributed by atoms with Gasteiger partial charge in [0.25, 0.3) is 5.56 Å². The summed E-state index contributed by atoms with van der Waals surface area (Å²) in [6, 6.07) is 0. The minimum Gasteiger partial charge on any atom is -0.392 e. The zero-order chi connectivity index (χ0) is 16.8. The SMILES string of the molecule is C#C[C@]1(CO)O[C@@H](n2cnc3c(=O)[nH]c(N)nc32)[C@H](CF)[C@@H]1O. The number of nitrogens with zero attached hydrogens (tertiary/aromatic N) is 3. The summed E-state index contributed by atoms with van der Waals surface area (Å²) in [6.45, 7) is -1.66. The summed E-state index contributed by atoms with van der Waals surface area (Å²) in [6.07, 6.45) is 4.01. The fraction of sp³-hybridized carbons (Fsp3) is 0.462. The number of terminal acetylenes is 1. The number of nitrogens with two attached hydrogens (primary N) is 1. The predicted molar refractivity (Wildman–Crippen MR) is 76.8 cm³/mol. The highest BCUT2D eigenvalue weighted by atomic mass is 19.1. The highest BCUT2D eigenvalue weighted by Gasteiger charge is 2.54. The Balaban J connectivity index is 2.15. The van der Waals surface area contributed by atoms with Gasteiger partial charge < -0.3 is 20.7 Å². The lowest BCUT2D eigenvalue weighted by atomic mass is 9.91. The number of aliphatic hydroxyl groups excluding tert-OH is 2. The van der Waals surface area contributed by atoms with Crippen LogP contribution in [0.5, 0.6) is 0 Å². The highest BCUT2D eigenvalue weighted by molar-refractivity contribution is 5.70. The summed E-state index contributed by atoms with van der Waals surface area (Å²) in [7, 11) is 0. The molecule has 1 aliphatic rings. The van der Waals surface area contributed by atoms with Gasteiger partial charge in [0, 0.05) is 0 Å². The summed E-state index contributed by atoms with van der Waals surface area (Å²) in [4.78, 5) is 21.9. The molecule has 0 spiro atoms. The summed E-state index contributed by atoms with van der Waals surface area (Å²) in [5, 5.41) is 19.7. The molecule has 0 aromatic carbocycles. The van der Waals surface area contributed by atoms with Gasteiger partial charge in [-0.3, -0.25) is 18.7 Å². The number of hydrogen-bond donors (Lipinski definition) is 4. The van der Waals surface area contributed by atoms with E-state index in [4.69, 9.17) is 16.9 Å². The molecule has 0 saturated carbocycles. The number of hydrogen-bond acceptors (Lipinski definition) is 7. The second-order valence-corrected chi connectivity index (χ2v) is 5.24.